The normalized spacial score (nSPS) is 11.7. The molecule has 0 atom stereocenters. The summed E-state index contributed by atoms with van der Waals surface area (Å²) in [4.78, 5) is 0. The minimum Gasteiger partial charge on any atom is -0.325 e. The first kappa shape index (κ1) is 27.0. The second-order valence-corrected chi connectivity index (χ2v) is 10.0. The van der Waals surface area contributed by atoms with Gasteiger partial charge in [0.25, 0.3) is 0 Å². The molecule has 1 aromatic rings. The zero-order chi connectivity index (χ0) is 21.9. The lowest BCUT2D eigenvalue weighted by Gasteiger charge is -2.30. The van der Waals surface area contributed by atoms with Crippen LogP contribution in [0.25, 0.3) is 6.08 Å². The molecule has 1 aromatic carbocycles. The second-order valence-electron chi connectivity index (χ2n) is 10.0. The highest BCUT2D eigenvalue weighted by Crippen LogP contribution is 2.18. The molecule has 0 unspecified atom stereocenters. The number of quaternary nitrogens is 1. The summed E-state index contributed by atoms with van der Waals surface area (Å²) in [5.41, 5.74) is 2.71. The van der Waals surface area contributed by atoms with Crippen molar-refractivity contribution in [3.63, 3.8) is 0 Å². The number of rotatable bonds is 20. The molecule has 0 saturated heterocycles. The smallest absolute Gasteiger partial charge is 0.105 e. The van der Waals surface area contributed by atoms with Gasteiger partial charge in [0.1, 0.15) is 6.54 Å². The van der Waals surface area contributed by atoms with E-state index in [1.807, 2.05) is 6.08 Å². The van der Waals surface area contributed by atoms with Gasteiger partial charge >= 0.3 is 0 Å². The van der Waals surface area contributed by atoms with Crippen molar-refractivity contribution >= 4 is 6.08 Å². The Hall–Kier alpha value is -1.08. The van der Waals surface area contributed by atoms with E-state index < -0.39 is 0 Å². The topological polar surface area (TPSA) is 0 Å². The summed E-state index contributed by atoms with van der Waals surface area (Å²) in [5.74, 6) is 0. The number of unbranched alkanes of at least 4 members (excludes halogenated alkanes) is 15. The second kappa shape index (κ2) is 17.6. The Kier molecular flexibility index (Phi) is 15.8. The zero-order valence-corrected chi connectivity index (χ0v) is 20.8. The minimum absolute atomic E-state index is 1.07. The van der Waals surface area contributed by atoms with Gasteiger partial charge in [-0.2, -0.15) is 0 Å². The summed E-state index contributed by atoms with van der Waals surface area (Å²) in [6.07, 6.45) is 25.0. The van der Waals surface area contributed by atoms with Crippen LogP contribution in [0.3, 0.4) is 0 Å². The molecule has 0 bridgehead atoms. The summed E-state index contributed by atoms with van der Waals surface area (Å²) in [7, 11) is 4.73. The van der Waals surface area contributed by atoms with Crippen LogP contribution in [-0.4, -0.2) is 25.1 Å². The maximum atomic E-state index is 3.96. The largest absolute Gasteiger partial charge is 0.325 e. The molecule has 30 heavy (non-hydrogen) atoms. The van der Waals surface area contributed by atoms with E-state index in [1.165, 1.54) is 120 Å². The third kappa shape index (κ3) is 14.0. The first-order chi connectivity index (χ1) is 14.6. The van der Waals surface area contributed by atoms with E-state index >= 15 is 0 Å². The molecule has 0 aliphatic heterocycles. The molecule has 1 heteroatoms. The highest BCUT2D eigenvalue weighted by atomic mass is 15.3. The lowest BCUT2D eigenvalue weighted by atomic mass is 10.0. The molecular formula is C29H52N+. The van der Waals surface area contributed by atoms with Crippen molar-refractivity contribution in [2.75, 3.05) is 20.6 Å². The van der Waals surface area contributed by atoms with E-state index in [9.17, 15) is 0 Å². The van der Waals surface area contributed by atoms with Gasteiger partial charge in [-0.25, -0.2) is 0 Å². The van der Waals surface area contributed by atoms with Gasteiger partial charge in [-0.3, -0.25) is 0 Å². The standard InChI is InChI=1S/C29H52N/c1-5-7-8-9-10-11-12-13-14-15-16-17-18-19-20-23-26-30(3,4)27-29-25-22-21-24-28(29)6-2/h6,21-22,24-25H,2,5,7-20,23,26-27H2,1,3-4H3/q+1. The number of hydrogen-bond donors (Lipinski definition) is 0. The summed E-state index contributed by atoms with van der Waals surface area (Å²) < 4.78 is 1.07. The van der Waals surface area contributed by atoms with E-state index in [4.69, 9.17) is 0 Å². The number of hydrogen-bond acceptors (Lipinski definition) is 0. The minimum atomic E-state index is 1.07. The predicted molar refractivity (Wildman–Crippen MR) is 137 cm³/mol. The fraction of sp³-hybridized carbons (Fsp3) is 0.724. The zero-order valence-electron chi connectivity index (χ0n) is 20.8. The van der Waals surface area contributed by atoms with E-state index in [-0.39, 0.29) is 0 Å². The Balaban J connectivity index is 1.92. The third-order valence-electron chi connectivity index (χ3n) is 6.49. The summed E-state index contributed by atoms with van der Waals surface area (Å²) in [6, 6.07) is 8.69. The first-order valence-corrected chi connectivity index (χ1v) is 13.1. The van der Waals surface area contributed by atoms with Crippen molar-refractivity contribution in [2.24, 2.45) is 0 Å². The molecule has 0 aromatic heterocycles. The summed E-state index contributed by atoms with van der Waals surface area (Å²) >= 11 is 0. The lowest BCUT2D eigenvalue weighted by molar-refractivity contribution is -0.903. The molecule has 1 rings (SSSR count). The highest BCUT2D eigenvalue weighted by Gasteiger charge is 2.16. The molecule has 0 aliphatic rings. The average molecular weight is 415 g/mol. The predicted octanol–water partition coefficient (Wildman–Crippen LogP) is 9.17. The van der Waals surface area contributed by atoms with Gasteiger partial charge in [0, 0.05) is 5.56 Å². The molecule has 0 amide bonds. The molecule has 0 fully saturated rings. The Bertz CT molecular complexity index is 531. The first-order valence-electron chi connectivity index (χ1n) is 13.1. The van der Waals surface area contributed by atoms with E-state index in [0.717, 1.165) is 11.0 Å². The molecule has 0 aliphatic carbocycles. The van der Waals surface area contributed by atoms with Crippen molar-refractivity contribution in [3.8, 4) is 0 Å². The fourth-order valence-electron chi connectivity index (χ4n) is 4.51. The van der Waals surface area contributed by atoms with Gasteiger partial charge in [0.2, 0.25) is 0 Å². The Labute approximate surface area is 189 Å². The molecule has 0 saturated carbocycles. The van der Waals surface area contributed by atoms with Gasteiger partial charge in [0.05, 0.1) is 20.6 Å². The number of nitrogens with zero attached hydrogens (tertiary/aromatic N) is 1. The highest BCUT2D eigenvalue weighted by molar-refractivity contribution is 5.51. The molecule has 0 radical (unpaired) electrons. The van der Waals surface area contributed by atoms with E-state index in [1.54, 1.807) is 0 Å². The van der Waals surface area contributed by atoms with Crippen LogP contribution >= 0.6 is 0 Å². The fourth-order valence-corrected chi connectivity index (χ4v) is 4.51. The van der Waals surface area contributed by atoms with E-state index in [0.29, 0.717) is 0 Å². The van der Waals surface area contributed by atoms with Crippen LogP contribution in [0, 0.1) is 0 Å². The maximum absolute atomic E-state index is 3.96. The van der Waals surface area contributed by atoms with E-state index in [2.05, 4.69) is 51.9 Å². The van der Waals surface area contributed by atoms with Crippen LogP contribution in [-0.2, 0) is 6.54 Å². The number of benzene rings is 1. The van der Waals surface area contributed by atoms with Crippen molar-refractivity contribution in [1.29, 1.82) is 0 Å². The van der Waals surface area contributed by atoms with Crippen molar-refractivity contribution in [3.05, 3.63) is 42.0 Å². The van der Waals surface area contributed by atoms with Gasteiger partial charge < -0.3 is 4.48 Å². The molecule has 0 N–H and O–H groups in total. The molecule has 0 heterocycles. The molecule has 0 spiro atoms. The molecule has 1 nitrogen and oxygen atoms in total. The maximum Gasteiger partial charge on any atom is 0.105 e. The van der Waals surface area contributed by atoms with Crippen LogP contribution in [0.15, 0.2) is 30.8 Å². The van der Waals surface area contributed by atoms with Gasteiger partial charge in [-0.05, 0) is 18.4 Å². The monoisotopic (exact) mass is 414 g/mol. The van der Waals surface area contributed by atoms with Crippen molar-refractivity contribution < 1.29 is 4.48 Å². The van der Waals surface area contributed by atoms with Crippen LogP contribution in [0.2, 0.25) is 0 Å². The van der Waals surface area contributed by atoms with Gasteiger partial charge in [0.15, 0.2) is 0 Å². The Morgan fingerprint density at radius 2 is 1.10 bits per heavy atom. The summed E-state index contributed by atoms with van der Waals surface area (Å²) in [6.45, 7) is 8.63. The lowest BCUT2D eigenvalue weighted by Crippen LogP contribution is -2.39. The van der Waals surface area contributed by atoms with Gasteiger partial charge in [-0.15, -0.1) is 0 Å². The van der Waals surface area contributed by atoms with Crippen LogP contribution in [0.4, 0.5) is 0 Å². The summed E-state index contributed by atoms with van der Waals surface area (Å²) in [5, 5.41) is 0. The van der Waals surface area contributed by atoms with Crippen molar-refractivity contribution in [1.82, 2.24) is 0 Å². The molecular weight excluding hydrogens is 362 g/mol. The molecule has 172 valence electrons. The Morgan fingerprint density at radius 3 is 1.57 bits per heavy atom. The third-order valence-corrected chi connectivity index (χ3v) is 6.49. The van der Waals surface area contributed by atoms with Crippen LogP contribution < -0.4 is 0 Å². The van der Waals surface area contributed by atoms with Crippen LogP contribution in [0.1, 0.15) is 121 Å². The Morgan fingerprint density at radius 1 is 0.667 bits per heavy atom. The quantitative estimate of drug-likeness (QED) is 0.147. The van der Waals surface area contributed by atoms with Gasteiger partial charge in [-0.1, -0.05) is 134 Å². The van der Waals surface area contributed by atoms with Crippen molar-refractivity contribution in [2.45, 2.75) is 116 Å². The van der Waals surface area contributed by atoms with Crippen LogP contribution in [0.5, 0.6) is 0 Å². The SMILES string of the molecule is C=Cc1ccccc1C[N+](C)(C)CCCCCCCCCCCCCCCCCC. The average Bonchev–Trinajstić information content (AvgIpc) is 2.73.